The lowest BCUT2D eigenvalue weighted by Gasteiger charge is -2.03. The van der Waals surface area contributed by atoms with Crippen molar-refractivity contribution in [1.29, 1.82) is 0 Å². The zero-order chi connectivity index (χ0) is 12.4. The summed E-state index contributed by atoms with van der Waals surface area (Å²) in [6.07, 6.45) is 3.95. The van der Waals surface area contributed by atoms with Crippen LogP contribution >= 0.6 is 12.4 Å². The lowest BCUT2D eigenvalue weighted by atomic mass is 10.3. The van der Waals surface area contributed by atoms with E-state index < -0.39 is 0 Å². The molecule has 2 rings (SSSR count). The van der Waals surface area contributed by atoms with Crippen molar-refractivity contribution in [3.05, 3.63) is 29.7 Å². The van der Waals surface area contributed by atoms with E-state index in [-0.39, 0.29) is 12.4 Å². The van der Waals surface area contributed by atoms with Crippen LogP contribution in [0.25, 0.3) is 0 Å². The van der Waals surface area contributed by atoms with Crippen LogP contribution in [0.15, 0.2) is 18.5 Å². The zero-order valence-electron chi connectivity index (χ0n) is 11.2. The number of anilines is 1. The number of rotatable bonds is 4. The molecule has 6 heteroatoms. The topological polar surface area (TPSA) is 47.7 Å². The van der Waals surface area contributed by atoms with E-state index in [0.29, 0.717) is 6.04 Å². The summed E-state index contributed by atoms with van der Waals surface area (Å²) in [5, 5.41) is 11.9. The van der Waals surface area contributed by atoms with Gasteiger partial charge in [-0.1, -0.05) is 0 Å². The summed E-state index contributed by atoms with van der Waals surface area (Å²) >= 11 is 0. The first-order chi connectivity index (χ1) is 8.06. The molecule has 0 aromatic carbocycles. The summed E-state index contributed by atoms with van der Waals surface area (Å²) in [6, 6.07) is 2.44. The van der Waals surface area contributed by atoms with Gasteiger partial charge in [0.05, 0.1) is 6.20 Å². The molecule has 0 atom stereocenters. The Bertz CT molecular complexity index is 481. The molecule has 0 aliphatic carbocycles. The minimum Gasteiger partial charge on any atom is -0.364 e. The normalized spacial score (nSPS) is 10.5. The van der Waals surface area contributed by atoms with Crippen molar-refractivity contribution < 1.29 is 0 Å². The molecule has 5 nitrogen and oxygen atoms in total. The summed E-state index contributed by atoms with van der Waals surface area (Å²) in [5.74, 6) is 0.905. The lowest BCUT2D eigenvalue weighted by Crippen LogP contribution is -2.01. The highest BCUT2D eigenvalue weighted by atomic mass is 35.5. The molecule has 18 heavy (non-hydrogen) atoms. The Labute approximate surface area is 114 Å². The number of hydrogen-bond donors (Lipinski definition) is 1. The van der Waals surface area contributed by atoms with Gasteiger partial charge < -0.3 is 5.32 Å². The van der Waals surface area contributed by atoms with Gasteiger partial charge in [-0.2, -0.15) is 10.2 Å². The molecular weight excluding hydrogens is 250 g/mol. The van der Waals surface area contributed by atoms with Gasteiger partial charge >= 0.3 is 0 Å². The molecule has 2 aromatic heterocycles. The average Bonchev–Trinajstić information content (AvgIpc) is 2.84. The fraction of sp³-hybridized carbons (Fsp3) is 0.500. The third kappa shape index (κ3) is 3.26. The molecule has 0 saturated heterocycles. The molecule has 0 unspecified atom stereocenters. The quantitative estimate of drug-likeness (QED) is 0.928. The Morgan fingerprint density at radius 3 is 2.61 bits per heavy atom. The van der Waals surface area contributed by atoms with Crippen LogP contribution in [0, 0.1) is 6.92 Å². The minimum atomic E-state index is 0. The van der Waals surface area contributed by atoms with Gasteiger partial charge in [0, 0.05) is 43.2 Å². The Balaban J connectivity index is 0.00000162. The maximum absolute atomic E-state index is 4.35. The standard InChI is InChI=1S/C12H19N5.ClH/c1-9(2)17-8-11(7-14-17)6-13-12-5-10(3)16(4)15-12;/h5,7-9H,6H2,1-4H3,(H,13,15);1H. The van der Waals surface area contributed by atoms with Gasteiger partial charge in [0.1, 0.15) is 5.82 Å². The number of nitrogens with one attached hydrogen (secondary N) is 1. The lowest BCUT2D eigenvalue weighted by molar-refractivity contribution is 0.532. The second kappa shape index (κ2) is 5.91. The summed E-state index contributed by atoms with van der Waals surface area (Å²) in [7, 11) is 1.94. The van der Waals surface area contributed by atoms with Crippen LogP contribution in [0.3, 0.4) is 0 Å². The molecule has 0 radical (unpaired) electrons. The van der Waals surface area contributed by atoms with E-state index in [0.717, 1.165) is 18.1 Å². The first kappa shape index (κ1) is 14.6. The molecule has 0 aliphatic rings. The number of aromatic nitrogens is 4. The summed E-state index contributed by atoms with van der Waals surface area (Å²) in [4.78, 5) is 0. The van der Waals surface area contributed by atoms with E-state index in [1.54, 1.807) is 0 Å². The van der Waals surface area contributed by atoms with E-state index in [9.17, 15) is 0 Å². The maximum atomic E-state index is 4.35. The molecule has 0 amide bonds. The van der Waals surface area contributed by atoms with Crippen LogP contribution < -0.4 is 5.32 Å². The maximum Gasteiger partial charge on any atom is 0.148 e. The third-order valence-electron chi connectivity index (χ3n) is 2.77. The zero-order valence-corrected chi connectivity index (χ0v) is 12.0. The fourth-order valence-electron chi connectivity index (χ4n) is 1.59. The van der Waals surface area contributed by atoms with E-state index >= 15 is 0 Å². The third-order valence-corrected chi connectivity index (χ3v) is 2.77. The SMILES string of the molecule is Cc1cc(NCc2cnn(C(C)C)c2)nn1C.Cl. The van der Waals surface area contributed by atoms with Crippen molar-refractivity contribution in [2.75, 3.05) is 5.32 Å². The molecule has 2 aromatic rings. The van der Waals surface area contributed by atoms with Crippen molar-refractivity contribution in [2.45, 2.75) is 33.4 Å². The van der Waals surface area contributed by atoms with Gasteiger partial charge in [-0.3, -0.25) is 9.36 Å². The molecule has 2 heterocycles. The van der Waals surface area contributed by atoms with Crippen LogP contribution in [0.1, 0.15) is 31.1 Å². The van der Waals surface area contributed by atoms with Crippen LogP contribution in [0.5, 0.6) is 0 Å². The van der Waals surface area contributed by atoms with Gasteiger partial charge in [-0.25, -0.2) is 0 Å². The van der Waals surface area contributed by atoms with Crippen LogP contribution in [-0.2, 0) is 13.6 Å². The van der Waals surface area contributed by atoms with Gasteiger partial charge in [0.15, 0.2) is 0 Å². The van der Waals surface area contributed by atoms with Crippen molar-refractivity contribution in [2.24, 2.45) is 7.05 Å². The largest absolute Gasteiger partial charge is 0.364 e. The minimum absolute atomic E-state index is 0. The van der Waals surface area contributed by atoms with Gasteiger partial charge in [0.25, 0.3) is 0 Å². The Kier molecular flexibility index (Phi) is 4.78. The van der Waals surface area contributed by atoms with Crippen LogP contribution in [0.4, 0.5) is 5.82 Å². The number of halogens is 1. The molecule has 0 bridgehead atoms. The Hall–Kier alpha value is -1.49. The predicted octanol–water partition coefficient (Wildman–Crippen LogP) is 2.54. The average molecular weight is 270 g/mol. The highest BCUT2D eigenvalue weighted by Crippen LogP contribution is 2.10. The van der Waals surface area contributed by atoms with Gasteiger partial charge in [-0.15, -0.1) is 12.4 Å². The molecule has 0 saturated carbocycles. The van der Waals surface area contributed by atoms with Crippen molar-refractivity contribution >= 4 is 18.2 Å². The molecule has 100 valence electrons. The van der Waals surface area contributed by atoms with Gasteiger partial charge in [0.2, 0.25) is 0 Å². The second-order valence-electron chi connectivity index (χ2n) is 4.57. The fourth-order valence-corrected chi connectivity index (χ4v) is 1.59. The molecule has 0 aliphatic heterocycles. The Morgan fingerprint density at radius 1 is 1.39 bits per heavy atom. The van der Waals surface area contributed by atoms with Crippen molar-refractivity contribution in [3.63, 3.8) is 0 Å². The van der Waals surface area contributed by atoms with E-state index in [1.165, 1.54) is 5.56 Å². The summed E-state index contributed by atoms with van der Waals surface area (Å²) in [6.45, 7) is 7.02. The van der Waals surface area contributed by atoms with E-state index in [1.807, 2.05) is 35.6 Å². The van der Waals surface area contributed by atoms with E-state index in [4.69, 9.17) is 0 Å². The second-order valence-corrected chi connectivity index (χ2v) is 4.57. The highest BCUT2D eigenvalue weighted by Gasteiger charge is 2.03. The van der Waals surface area contributed by atoms with Crippen molar-refractivity contribution in [1.82, 2.24) is 19.6 Å². The number of aryl methyl sites for hydroxylation is 2. The smallest absolute Gasteiger partial charge is 0.148 e. The van der Waals surface area contributed by atoms with Crippen LogP contribution in [0.2, 0.25) is 0 Å². The summed E-state index contributed by atoms with van der Waals surface area (Å²) < 4.78 is 3.82. The first-order valence-electron chi connectivity index (χ1n) is 5.84. The molecule has 0 spiro atoms. The first-order valence-corrected chi connectivity index (χ1v) is 5.84. The van der Waals surface area contributed by atoms with E-state index in [2.05, 4.69) is 35.6 Å². The number of hydrogen-bond acceptors (Lipinski definition) is 3. The molecule has 1 N–H and O–H groups in total. The van der Waals surface area contributed by atoms with Crippen molar-refractivity contribution in [3.8, 4) is 0 Å². The van der Waals surface area contributed by atoms with Crippen LogP contribution in [-0.4, -0.2) is 19.6 Å². The molecule has 0 fully saturated rings. The van der Waals surface area contributed by atoms with Gasteiger partial charge in [-0.05, 0) is 20.8 Å². The Morgan fingerprint density at radius 2 is 2.11 bits per heavy atom. The molecular formula is C12H20ClN5. The highest BCUT2D eigenvalue weighted by molar-refractivity contribution is 5.85. The number of nitrogens with zero attached hydrogens (tertiary/aromatic N) is 4. The monoisotopic (exact) mass is 269 g/mol. The summed E-state index contributed by atoms with van der Waals surface area (Å²) in [5.41, 5.74) is 2.31. The predicted molar refractivity (Wildman–Crippen MR) is 75.1 cm³/mol.